The molecule has 120 valence electrons. The Morgan fingerprint density at radius 3 is 2.00 bits per heavy atom. The molecular weight excluding hydrogens is 308 g/mol. The van der Waals surface area contributed by atoms with Gasteiger partial charge in [0, 0.05) is 17.7 Å². The van der Waals surface area contributed by atoms with Crippen molar-refractivity contribution in [1.29, 1.82) is 0 Å². The van der Waals surface area contributed by atoms with E-state index >= 15 is 0 Å². The van der Waals surface area contributed by atoms with E-state index in [4.69, 9.17) is 4.74 Å². The molecule has 0 radical (unpaired) electrons. The van der Waals surface area contributed by atoms with Crippen molar-refractivity contribution in [3.63, 3.8) is 0 Å². The first-order valence-electron chi connectivity index (χ1n) is 6.39. The second kappa shape index (κ2) is 4.89. The van der Waals surface area contributed by atoms with E-state index in [-0.39, 0.29) is 28.4 Å². The number of hydrogen-bond donors (Lipinski definition) is 7. The smallest absolute Gasteiger partial charge is 0.200 e. The molecule has 0 spiro atoms. The molecule has 0 fully saturated rings. The third kappa shape index (κ3) is 2.21. The molecule has 1 atom stereocenters. The average molecular weight is 320 g/mol. The van der Waals surface area contributed by atoms with Gasteiger partial charge in [0.15, 0.2) is 28.8 Å². The molecule has 3 rings (SSSR count). The zero-order chi connectivity index (χ0) is 16.9. The van der Waals surface area contributed by atoms with Crippen molar-refractivity contribution in [3.8, 4) is 34.5 Å². The summed E-state index contributed by atoms with van der Waals surface area (Å²) in [6.07, 6.45) is -1.65. The third-order valence-corrected chi connectivity index (χ3v) is 3.41. The van der Waals surface area contributed by atoms with Crippen LogP contribution in [0.4, 0.5) is 0 Å². The van der Waals surface area contributed by atoms with Gasteiger partial charge in [-0.25, -0.2) is 0 Å². The second-order valence-corrected chi connectivity index (χ2v) is 4.96. The SMILES string of the molecule is OC1=C(c2cc(O)c(O)c(O)c2)Oc2cc(O)cc(O)c2C1O. The molecule has 0 saturated heterocycles. The lowest BCUT2D eigenvalue weighted by atomic mass is 9.99. The summed E-state index contributed by atoms with van der Waals surface area (Å²) < 4.78 is 5.36. The van der Waals surface area contributed by atoms with Crippen molar-refractivity contribution in [3.05, 3.63) is 41.2 Å². The Bertz CT molecular complexity index is 817. The van der Waals surface area contributed by atoms with Crippen LogP contribution in [-0.2, 0) is 0 Å². The fourth-order valence-electron chi connectivity index (χ4n) is 2.32. The first-order valence-corrected chi connectivity index (χ1v) is 6.39. The van der Waals surface area contributed by atoms with E-state index in [1.54, 1.807) is 0 Å². The molecule has 0 amide bonds. The average Bonchev–Trinajstić information content (AvgIpc) is 2.47. The van der Waals surface area contributed by atoms with Gasteiger partial charge in [-0.3, -0.25) is 0 Å². The fourth-order valence-corrected chi connectivity index (χ4v) is 2.32. The van der Waals surface area contributed by atoms with E-state index in [0.717, 1.165) is 24.3 Å². The van der Waals surface area contributed by atoms with Gasteiger partial charge in [-0.1, -0.05) is 0 Å². The maximum absolute atomic E-state index is 10.1. The van der Waals surface area contributed by atoms with E-state index in [2.05, 4.69) is 0 Å². The van der Waals surface area contributed by atoms with Gasteiger partial charge in [0.25, 0.3) is 0 Å². The monoisotopic (exact) mass is 320 g/mol. The van der Waals surface area contributed by atoms with Gasteiger partial charge in [-0.05, 0) is 12.1 Å². The third-order valence-electron chi connectivity index (χ3n) is 3.41. The van der Waals surface area contributed by atoms with Crippen molar-refractivity contribution in [2.24, 2.45) is 0 Å². The van der Waals surface area contributed by atoms with E-state index in [0.29, 0.717) is 0 Å². The minimum Gasteiger partial charge on any atom is -0.508 e. The molecule has 8 nitrogen and oxygen atoms in total. The van der Waals surface area contributed by atoms with Crippen LogP contribution in [0.2, 0.25) is 0 Å². The lowest BCUT2D eigenvalue weighted by molar-refractivity contribution is 0.138. The Labute approximate surface area is 129 Å². The van der Waals surface area contributed by atoms with E-state index < -0.39 is 34.9 Å². The highest BCUT2D eigenvalue weighted by atomic mass is 16.5. The zero-order valence-corrected chi connectivity index (χ0v) is 11.4. The summed E-state index contributed by atoms with van der Waals surface area (Å²) in [5, 5.41) is 67.9. The van der Waals surface area contributed by atoms with Crippen LogP contribution in [-0.4, -0.2) is 35.7 Å². The number of phenolic OH excluding ortho intramolecular Hbond substituents is 5. The summed E-state index contributed by atoms with van der Waals surface area (Å²) >= 11 is 0. The maximum atomic E-state index is 10.1. The number of benzene rings is 2. The first kappa shape index (κ1) is 14.7. The van der Waals surface area contributed by atoms with Crippen LogP contribution in [0.1, 0.15) is 17.2 Å². The second-order valence-electron chi connectivity index (χ2n) is 4.96. The predicted octanol–water partition coefficient (Wildman–Crippen LogP) is 1.57. The highest BCUT2D eigenvalue weighted by Crippen LogP contribution is 2.47. The molecule has 8 heteroatoms. The predicted molar refractivity (Wildman–Crippen MR) is 76.3 cm³/mol. The molecule has 0 bridgehead atoms. The normalized spacial score (nSPS) is 16.8. The Balaban J connectivity index is 2.17. The van der Waals surface area contributed by atoms with Gasteiger partial charge in [0.05, 0.1) is 5.56 Å². The van der Waals surface area contributed by atoms with Crippen molar-refractivity contribution in [1.82, 2.24) is 0 Å². The van der Waals surface area contributed by atoms with E-state index in [1.807, 2.05) is 0 Å². The molecule has 0 aromatic heterocycles. The quantitative estimate of drug-likeness (QED) is 0.391. The number of ether oxygens (including phenoxy) is 1. The highest BCUT2D eigenvalue weighted by molar-refractivity contribution is 5.73. The van der Waals surface area contributed by atoms with Crippen LogP contribution in [0.15, 0.2) is 30.0 Å². The van der Waals surface area contributed by atoms with Crippen molar-refractivity contribution in [2.75, 3.05) is 0 Å². The zero-order valence-electron chi connectivity index (χ0n) is 11.4. The van der Waals surface area contributed by atoms with Crippen LogP contribution in [0.3, 0.4) is 0 Å². The number of aliphatic hydroxyl groups is 2. The van der Waals surface area contributed by atoms with Gasteiger partial charge in [0.2, 0.25) is 0 Å². The maximum Gasteiger partial charge on any atom is 0.200 e. The minimum atomic E-state index is -1.65. The van der Waals surface area contributed by atoms with Crippen molar-refractivity contribution >= 4 is 5.76 Å². The van der Waals surface area contributed by atoms with Crippen LogP contribution in [0.25, 0.3) is 5.76 Å². The van der Waals surface area contributed by atoms with Crippen LogP contribution >= 0.6 is 0 Å². The van der Waals surface area contributed by atoms with E-state index in [1.165, 1.54) is 0 Å². The number of aliphatic hydroxyl groups excluding tert-OH is 2. The molecule has 0 saturated carbocycles. The van der Waals surface area contributed by atoms with E-state index in [9.17, 15) is 35.7 Å². The summed E-state index contributed by atoms with van der Waals surface area (Å²) in [5.74, 6) is -4.00. The largest absolute Gasteiger partial charge is 0.508 e. The Morgan fingerprint density at radius 1 is 0.783 bits per heavy atom. The Hall–Kier alpha value is -3.26. The topological polar surface area (TPSA) is 151 Å². The molecule has 2 aromatic rings. The molecule has 7 N–H and O–H groups in total. The van der Waals surface area contributed by atoms with Gasteiger partial charge in [0.1, 0.15) is 23.4 Å². The molecule has 23 heavy (non-hydrogen) atoms. The highest BCUT2D eigenvalue weighted by Gasteiger charge is 2.32. The lowest BCUT2D eigenvalue weighted by Crippen LogP contribution is -2.15. The Kier molecular flexibility index (Phi) is 3.12. The summed E-state index contributed by atoms with van der Waals surface area (Å²) in [4.78, 5) is 0. The summed E-state index contributed by atoms with van der Waals surface area (Å²) in [5.41, 5.74) is -0.181. The number of aromatic hydroxyl groups is 5. The first-order chi connectivity index (χ1) is 10.8. The van der Waals surface area contributed by atoms with Crippen molar-refractivity contribution < 1.29 is 40.5 Å². The molecule has 1 aliphatic heterocycles. The van der Waals surface area contributed by atoms with Crippen LogP contribution in [0, 0.1) is 0 Å². The number of fused-ring (bicyclic) bond motifs is 1. The molecule has 0 aliphatic carbocycles. The van der Waals surface area contributed by atoms with Gasteiger partial charge in [-0.2, -0.15) is 0 Å². The summed E-state index contributed by atoms with van der Waals surface area (Å²) in [7, 11) is 0. The number of hydrogen-bond acceptors (Lipinski definition) is 8. The fraction of sp³-hybridized carbons (Fsp3) is 0.0667. The van der Waals surface area contributed by atoms with Crippen molar-refractivity contribution in [2.45, 2.75) is 6.10 Å². The summed E-state index contributed by atoms with van der Waals surface area (Å²) in [6, 6.07) is 4.09. The van der Waals surface area contributed by atoms with Gasteiger partial charge < -0.3 is 40.5 Å². The molecule has 1 aliphatic rings. The minimum absolute atomic E-state index is 0.0390. The lowest BCUT2D eigenvalue weighted by Gasteiger charge is -2.25. The Morgan fingerprint density at radius 2 is 1.39 bits per heavy atom. The molecular formula is C15H12O8. The molecule has 2 aromatic carbocycles. The summed E-state index contributed by atoms with van der Waals surface area (Å²) in [6.45, 7) is 0. The van der Waals surface area contributed by atoms with Crippen LogP contribution < -0.4 is 4.74 Å². The number of rotatable bonds is 1. The van der Waals surface area contributed by atoms with Crippen LogP contribution in [0.5, 0.6) is 34.5 Å². The molecule has 1 unspecified atom stereocenters. The number of phenols is 5. The molecule has 1 heterocycles. The van der Waals surface area contributed by atoms with Gasteiger partial charge >= 0.3 is 0 Å². The standard InChI is InChI=1S/C15H12O8/c16-6-3-7(17)11-10(4-6)23-15(14(22)13(11)21)5-1-8(18)12(20)9(19)2-5/h1-4,13,16-22H. The van der Waals surface area contributed by atoms with Gasteiger partial charge in [-0.15, -0.1) is 0 Å².